The maximum Gasteiger partial charge on any atom is 0.407 e. The van der Waals surface area contributed by atoms with E-state index in [1.165, 1.54) is 16.0 Å². The van der Waals surface area contributed by atoms with Crippen LogP contribution >= 0.6 is 0 Å². The van der Waals surface area contributed by atoms with Crippen molar-refractivity contribution in [1.29, 1.82) is 0 Å². The molecule has 0 bridgehead atoms. The molecule has 86 valence electrons. The molecule has 0 atom stereocenters. The molecule has 3 nitrogen and oxygen atoms in total. The molecule has 0 unspecified atom stereocenters. The van der Waals surface area contributed by atoms with Gasteiger partial charge in [-0.2, -0.15) is 0 Å². The van der Waals surface area contributed by atoms with Gasteiger partial charge in [0.2, 0.25) is 0 Å². The maximum absolute atomic E-state index is 10.7. The number of amides is 1. The molecular formula is C13H17NO2. The van der Waals surface area contributed by atoms with Gasteiger partial charge >= 0.3 is 6.09 Å². The zero-order valence-corrected chi connectivity index (χ0v) is 9.68. The summed E-state index contributed by atoms with van der Waals surface area (Å²) in [7, 11) is 0. The van der Waals surface area contributed by atoms with E-state index in [9.17, 15) is 4.79 Å². The molecule has 3 heteroatoms. The number of nitrogens with zero attached hydrogens (tertiary/aromatic N) is 1. The van der Waals surface area contributed by atoms with Gasteiger partial charge in [-0.25, -0.2) is 4.79 Å². The topological polar surface area (TPSA) is 40.5 Å². The minimum atomic E-state index is -0.807. The van der Waals surface area contributed by atoms with E-state index < -0.39 is 6.09 Å². The van der Waals surface area contributed by atoms with Crippen LogP contribution in [0.1, 0.15) is 36.8 Å². The summed E-state index contributed by atoms with van der Waals surface area (Å²) in [5.74, 6) is 0.879. The molecular weight excluding hydrogens is 202 g/mol. The highest BCUT2D eigenvalue weighted by Crippen LogP contribution is 2.32. The minimum absolute atomic E-state index is 0.384. The molecule has 2 rings (SSSR count). The van der Waals surface area contributed by atoms with E-state index in [-0.39, 0.29) is 0 Å². The quantitative estimate of drug-likeness (QED) is 0.830. The van der Waals surface area contributed by atoms with Crippen LogP contribution in [0.2, 0.25) is 0 Å². The van der Waals surface area contributed by atoms with Gasteiger partial charge in [-0.1, -0.05) is 38.1 Å². The number of hydrogen-bond donors (Lipinski definition) is 1. The summed E-state index contributed by atoms with van der Waals surface area (Å²) in [5.41, 5.74) is 2.66. The average molecular weight is 219 g/mol. The van der Waals surface area contributed by atoms with Crippen LogP contribution in [0.5, 0.6) is 0 Å². The largest absolute Gasteiger partial charge is 0.465 e. The monoisotopic (exact) mass is 219 g/mol. The molecule has 1 aromatic carbocycles. The molecule has 1 aliphatic heterocycles. The van der Waals surface area contributed by atoms with Crippen LogP contribution in [0, 0.1) is 0 Å². The summed E-state index contributed by atoms with van der Waals surface area (Å²) in [6.45, 7) is 5.62. The van der Waals surface area contributed by atoms with Gasteiger partial charge in [-0.3, -0.25) is 0 Å². The Balaban J connectivity index is 2.14. The van der Waals surface area contributed by atoms with Crippen molar-refractivity contribution in [3.8, 4) is 0 Å². The van der Waals surface area contributed by atoms with Gasteiger partial charge in [0.25, 0.3) is 0 Å². The van der Waals surface area contributed by atoms with Crippen LogP contribution in [0.25, 0.3) is 0 Å². The molecule has 1 amide bonds. The van der Waals surface area contributed by atoms with Crippen molar-refractivity contribution in [2.45, 2.75) is 25.7 Å². The number of rotatable bonds is 2. The zero-order valence-electron chi connectivity index (χ0n) is 9.68. The molecule has 0 radical (unpaired) electrons. The van der Waals surface area contributed by atoms with E-state index in [2.05, 4.69) is 26.0 Å². The molecule has 0 saturated carbocycles. The molecule has 1 fully saturated rings. The SMILES string of the molecule is CC(C)c1ccccc1C1CN(C(=O)O)C1. The van der Waals surface area contributed by atoms with Crippen LogP contribution in [0.15, 0.2) is 24.3 Å². The zero-order chi connectivity index (χ0) is 11.7. The second-order valence-corrected chi connectivity index (χ2v) is 4.67. The fourth-order valence-electron chi connectivity index (χ4n) is 2.24. The highest BCUT2D eigenvalue weighted by Gasteiger charge is 2.32. The number of hydrogen-bond acceptors (Lipinski definition) is 1. The molecule has 1 heterocycles. The van der Waals surface area contributed by atoms with E-state index >= 15 is 0 Å². The van der Waals surface area contributed by atoms with Crippen molar-refractivity contribution in [1.82, 2.24) is 4.90 Å². The Morgan fingerprint density at radius 1 is 1.38 bits per heavy atom. The van der Waals surface area contributed by atoms with E-state index in [0.29, 0.717) is 24.9 Å². The van der Waals surface area contributed by atoms with Crippen molar-refractivity contribution in [2.24, 2.45) is 0 Å². The number of carbonyl (C=O) groups is 1. The van der Waals surface area contributed by atoms with Crippen LogP contribution < -0.4 is 0 Å². The second kappa shape index (κ2) is 4.16. The molecule has 0 aromatic heterocycles. The Bertz CT molecular complexity index is 395. The average Bonchev–Trinajstić information content (AvgIpc) is 2.15. The summed E-state index contributed by atoms with van der Waals surface area (Å²) in [5, 5.41) is 8.80. The third-order valence-corrected chi connectivity index (χ3v) is 3.21. The van der Waals surface area contributed by atoms with Crippen molar-refractivity contribution in [2.75, 3.05) is 13.1 Å². The highest BCUT2D eigenvalue weighted by molar-refractivity contribution is 5.66. The summed E-state index contributed by atoms with van der Waals surface area (Å²) >= 11 is 0. The second-order valence-electron chi connectivity index (χ2n) is 4.67. The summed E-state index contributed by atoms with van der Waals surface area (Å²) < 4.78 is 0. The molecule has 0 spiro atoms. The number of benzene rings is 1. The first-order valence-corrected chi connectivity index (χ1v) is 5.66. The minimum Gasteiger partial charge on any atom is -0.465 e. The van der Waals surface area contributed by atoms with Gasteiger partial charge in [0, 0.05) is 19.0 Å². The molecule has 1 aromatic rings. The van der Waals surface area contributed by atoms with E-state index in [0.717, 1.165) is 0 Å². The Hall–Kier alpha value is -1.51. The molecule has 1 aliphatic rings. The first kappa shape index (κ1) is 11.0. The van der Waals surface area contributed by atoms with Crippen molar-refractivity contribution < 1.29 is 9.90 Å². The van der Waals surface area contributed by atoms with Crippen molar-refractivity contribution >= 4 is 6.09 Å². The van der Waals surface area contributed by atoms with Crippen molar-refractivity contribution in [3.05, 3.63) is 35.4 Å². The van der Waals surface area contributed by atoms with Gasteiger partial charge in [-0.15, -0.1) is 0 Å². The lowest BCUT2D eigenvalue weighted by Gasteiger charge is -2.38. The first-order chi connectivity index (χ1) is 7.59. The Labute approximate surface area is 95.7 Å². The molecule has 16 heavy (non-hydrogen) atoms. The molecule has 1 saturated heterocycles. The van der Waals surface area contributed by atoms with Gasteiger partial charge in [0.15, 0.2) is 0 Å². The molecule has 0 aliphatic carbocycles. The lowest BCUT2D eigenvalue weighted by atomic mass is 9.85. The maximum atomic E-state index is 10.7. The van der Waals surface area contributed by atoms with Crippen LogP contribution in [0.4, 0.5) is 4.79 Å². The lowest BCUT2D eigenvalue weighted by molar-refractivity contribution is 0.105. The third kappa shape index (κ3) is 1.90. The van der Waals surface area contributed by atoms with Gasteiger partial charge in [-0.05, 0) is 17.0 Å². The van der Waals surface area contributed by atoms with Crippen LogP contribution in [0.3, 0.4) is 0 Å². The van der Waals surface area contributed by atoms with Crippen LogP contribution in [-0.2, 0) is 0 Å². The van der Waals surface area contributed by atoms with Gasteiger partial charge < -0.3 is 10.0 Å². The van der Waals surface area contributed by atoms with Gasteiger partial charge in [0.05, 0.1) is 0 Å². The number of carboxylic acid groups (broad SMARTS) is 1. The predicted molar refractivity (Wildman–Crippen MR) is 62.9 cm³/mol. The third-order valence-electron chi connectivity index (χ3n) is 3.21. The first-order valence-electron chi connectivity index (χ1n) is 5.66. The lowest BCUT2D eigenvalue weighted by Crippen LogP contribution is -2.48. The Morgan fingerprint density at radius 3 is 2.56 bits per heavy atom. The highest BCUT2D eigenvalue weighted by atomic mass is 16.4. The number of likely N-dealkylation sites (tertiary alicyclic amines) is 1. The van der Waals surface area contributed by atoms with Gasteiger partial charge in [0.1, 0.15) is 0 Å². The standard InChI is InChI=1S/C13H17NO2/c1-9(2)11-5-3-4-6-12(11)10-7-14(8-10)13(15)16/h3-6,9-10H,7-8H2,1-2H3,(H,15,16). The Kier molecular flexibility index (Phi) is 2.86. The summed E-state index contributed by atoms with van der Waals surface area (Å²) in [6.07, 6.45) is -0.807. The Morgan fingerprint density at radius 2 is 2.00 bits per heavy atom. The van der Waals surface area contributed by atoms with E-state index in [1.807, 2.05) is 12.1 Å². The molecule has 1 N–H and O–H groups in total. The summed E-state index contributed by atoms with van der Waals surface area (Å²) in [4.78, 5) is 12.2. The van der Waals surface area contributed by atoms with E-state index in [1.54, 1.807) is 0 Å². The predicted octanol–water partition coefficient (Wildman–Crippen LogP) is 2.89. The fraction of sp³-hybridized carbons (Fsp3) is 0.462. The van der Waals surface area contributed by atoms with Crippen molar-refractivity contribution in [3.63, 3.8) is 0 Å². The smallest absolute Gasteiger partial charge is 0.407 e. The summed E-state index contributed by atoms with van der Waals surface area (Å²) in [6, 6.07) is 8.35. The normalized spacial score (nSPS) is 16.3. The van der Waals surface area contributed by atoms with Crippen LogP contribution in [-0.4, -0.2) is 29.2 Å². The van der Waals surface area contributed by atoms with E-state index in [4.69, 9.17) is 5.11 Å². The fourth-order valence-corrected chi connectivity index (χ4v) is 2.24.